The molecule has 0 aliphatic rings. The molecule has 0 saturated carbocycles. The van der Waals surface area contributed by atoms with Gasteiger partial charge in [0, 0.05) is 12.1 Å². The number of nitrogens with two attached hydrogens (primary N) is 1. The zero-order chi connectivity index (χ0) is 14.0. The summed E-state index contributed by atoms with van der Waals surface area (Å²) in [6.45, 7) is 0. The summed E-state index contributed by atoms with van der Waals surface area (Å²) in [4.78, 5) is 18.9. The number of nitrogen functional groups attached to an aromatic ring is 1. The molecule has 0 bridgehead atoms. The summed E-state index contributed by atoms with van der Waals surface area (Å²) in [5.74, 6) is -4.34. The highest BCUT2D eigenvalue weighted by atomic mass is 19.1. The monoisotopic (exact) mass is 268 g/mol. The molecule has 0 fully saturated rings. The van der Waals surface area contributed by atoms with Crippen molar-refractivity contribution in [3.63, 3.8) is 0 Å². The minimum atomic E-state index is -1.23. The van der Waals surface area contributed by atoms with Crippen LogP contribution in [0.2, 0.25) is 0 Å². The second-order valence-electron chi connectivity index (χ2n) is 3.53. The van der Waals surface area contributed by atoms with E-state index in [-0.39, 0.29) is 11.5 Å². The third kappa shape index (κ3) is 2.79. The molecule has 1 amide bonds. The van der Waals surface area contributed by atoms with Crippen LogP contribution in [0.15, 0.2) is 24.5 Å². The van der Waals surface area contributed by atoms with E-state index >= 15 is 0 Å². The SMILES string of the molecule is Nc1cnc(C(=O)Nc2c(F)cc(F)cc2F)cn1. The molecule has 0 radical (unpaired) electrons. The molecule has 1 aromatic carbocycles. The highest BCUT2D eigenvalue weighted by Gasteiger charge is 2.16. The third-order valence-electron chi connectivity index (χ3n) is 2.15. The Labute approximate surface area is 105 Å². The van der Waals surface area contributed by atoms with Gasteiger partial charge in [-0.05, 0) is 0 Å². The first kappa shape index (κ1) is 12.8. The Hall–Kier alpha value is -2.64. The van der Waals surface area contributed by atoms with Gasteiger partial charge < -0.3 is 11.1 Å². The van der Waals surface area contributed by atoms with Crippen molar-refractivity contribution in [3.8, 4) is 0 Å². The maximum absolute atomic E-state index is 13.3. The molecule has 0 spiro atoms. The van der Waals surface area contributed by atoms with Crippen LogP contribution >= 0.6 is 0 Å². The Balaban J connectivity index is 2.26. The zero-order valence-electron chi connectivity index (χ0n) is 9.32. The summed E-state index contributed by atoms with van der Waals surface area (Å²) in [7, 11) is 0. The number of amides is 1. The summed E-state index contributed by atoms with van der Waals surface area (Å²) in [6.07, 6.45) is 2.16. The van der Waals surface area contributed by atoms with Crippen LogP contribution in [-0.2, 0) is 0 Å². The molecule has 0 aliphatic carbocycles. The fourth-order valence-corrected chi connectivity index (χ4v) is 1.29. The fourth-order valence-electron chi connectivity index (χ4n) is 1.29. The molecule has 8 heteroatoms. The summed E-state index contributed by atoms with van der Waals surface area (Å²) in [5, 5.41) is 1.94. The van der Waals surface area contributed by atoms with E-state index in [2.05, 4.69) is 9.97 Å². The summed E-state index contributed by atoms with van der Waals surface area (Å²) < 4.78 is 39.3. The van der Waals surface area contributed by atoms with Gasteiger partial charge in [0.2, 0.25) is 0 Å². The van der Waals surface area contributed by atoms with Crippen molar-refractivity contribution in [1.29, 1.82) is 0 Å². The maximum atomic E-state index is 13.3. The molecule has 2 rings (SSSR count). The Morgan fingerprint density at radius 2 is 1.74 bits per heavy atom. The van der Waals surface area contributed by atoms with Gasteiger partial charge >= 0.3 is 0 Å². The van der Waals surface area contributed by atoms with Crippen LogP contribution in [-0.4, -0.2) is 15.9 Å². The number of halogens is 3. The lowest BCUT2D eigenvalue weighted by molar-refractivity contribution is 0.102. The first-order valence-electron chi connectivity index (χ1n) is 5.01. The lowest BCUT2D eigenvalue weighted by Gasteiger charge is -2.07. The minimum absolute atomic E-state index is 0.0932. The standard InChI is InChI=1S/C11H7F3N4O/c12-5-1-6(13)10(7(14)2-5)18-11(19)8-3-17-9(15)4-16-8/h1-4H,(H2,15,17)(H,18,19). The number of hydrogen-bond acceptors (Lipinski definition) is 4. The van der Waals surface area contributed by atoms with Crippen molar-refractivity contribution >= 4 is 17.4 Å². The van der Waals surface area contributed by atoms with Gasteiger partial charge in [0.15, 0.2) is 11.6 Å². The Morgan fingerprint density at radius 1 is 1.11 bits per heavy atom. The van der Waals surface area contributed by atoms with E-state index in [1.54, 1.807) is 0 Å². The number of aromatic nitrogens is 2. The molecular weight excluding hydrogens is 261 g/mol. The summed E-state index contributed by atoms with van der Waals surface area (Å²) in [6, 6.07) is 0.903. The van der Waals surface area contributed by atoms with Gasteiger partial charge in [-0.1, -0.05) is 0 Å². The number of carbonyl (C=O) groups is 1. The topological polar surface area (TPSA) is 80.9 Å². The van der Waals surface area contributed by atoms with Crippen molar-refractivity contribution in [1.82, 2.24) is 9.97 Å². The van der Waals surface area contributed by atoms with Gasteiger partial charge in [-0.15, -0.1) is 0 Å². The van der Waals surface area contributed by atoms with Crippen LogP contribution in [0.25, 0.3) is 0 Å². The highest BCUT2D eigenvalue weighted by Crippen LogP contribution is 2.20. The van der Waals surface area contributed by atoms with E-state index in [1.807, 2.05) is 5.32 Å². The van der Waals surface area contributed by atoms with Crippen LogP contribution in [0.4, 0.5) is 24.7 Å². The van der Waals surface area contributed by atoms with Crippen molar-refractivity contribution in [2.45, 2.75) is 0 Å². The molecule has 98 valence electrons. The van der Waals surface area contributed by atoms with E-state index in [4.69, 9.17) is 5.73 Å². The third-order valence-corrected chi connectivity index (χ3v) is 2.15. The van der Waals surface area contributed by atoms with Crippen LogP contribution < -0.4 is 11.1 Å². The van der Waals surface area contributed by atoms with E-state index in [9.17, 15) is 18.0 Å². The average molecular weight is 268 g/mol. The molecule has 3 N–H and O–H groups in total. The number of nitrogens with zero attached hydrogens (tertiary/aromatic N) is 2. The first-order valence-corrected chi connectivity index (χ1v) is 5.01. The second kappa shape index (κ2) is 4.92. The molecule has 5 nitrogen and oxygen atoms in total. The van der Waals surface area contributed by atoms with Gasteiger partial charge in [-0.3, -0.25) is 4.79 Å². The van der Waals surface area contributed by atoms with Crippen LogP contribution in [0, 0.1) is 17.5 Å². The van der Waals surface area contributed by atoms with Gasteiger partial charge in [-0.2, -0.15) is 0 Å². The molecule has 2 aromatic rings. The first-order chi connectivity index (χ1) is 8.97. The Kier molecular flexibility index (Phi) is 3.32. The molecule has 0 saturated heterocycles. The molecular formula is C11H7F3N4O. The predicted molar refractivity (Wildman–Crippen MR) is 60.7 cm³/mol. The highest BCUT2D eigenvalue weighted by molar-refractivity contribution is 6.02. The number of carbonyl (C=O) groups excluding carboxylic acids is 1. The predicted octanol–water partition coefficient (Wildman–Crippen LogP) is 1.73. The van der Waals surface area contributed by atoms with E-state index in [0.29, 0.717) is 12.1 Å². The molecule has 1 heterocycles. The van der Waals surface area contributed by atoms with Gasteiger partial charge in [-0.25, -0.2) is 23.1 Å². The largest absolute Gasteiger partial charge is 0.382 e. The van der Waals surface area contributed by atoms with Crippen LogP contribution in [0.5, 0.6) is 0 Å². The van der Waals surface area contributed by atoms with Crippen molar-refractivity contribution in [3.05, 3.63) is 47.7 Å². The van der Waals surface area contributed by atoms with E-state index in [1.165, 1.54) is 0 Å². The van der Waals surface area contributed by atoms with E-state index in [0.717, 1.165) is 12.4 Å². The smallest absolute Gasteiger partial charge is 0.276 e. The van der Waals surface area contributed by atoms with Gasteiger partial charge in [0.25, 0.3) is 5.91 Å². The number of anilines is 2. The molecule has 19 heavy (non-hydrogen) atoms. The molecule has 0 atom stereocenters. The molecule has 0 unspecified atom stereocenters. The molecule has 1 aromatic heterocycles. The Morgan fingerprint density at radius 3 is 2.26 bits per heavy atom. The number of hydrogen-bond donors (Lipinski definition) is 2. The lowest BCUT2D eigenvalue weighted by Crippen LogP contribution is -2.16. The number of nitrogens with one attached hydrogen (secondary N) is 1. The maximum Gasteiger partial charge on any atom is 0.276 e. The molecule has 0 aliphatic heterocycles. The lowest BCUT2D eigenvalue weighted by atomic mass is 10.2. The van der Waals surface area contributed by atoms with Crippen molar-refractivity contribution < 1.29 is 18.0 Å². The van der Waals surface area contributed by atoms with Crippen molar-refractivity contribution in [2.24, 2.45) is 0 Å². The summed E-state index contributed by atoms with van der Waals surface area (Å²) >= 11 is 0. The fraction of sp³-hybridized carbons (Fsp3) is 0. The number of rotatable bonds is 2. The van der Waals surface area contributed by atoms with E-state index < -0.39 is 29.0 Å². The quantitative estimate of drug-likeness (QED) is 0.869. The van der Waals surface area contributed by atoms with Crippen LogP contribution in [0.1, 0.15) is 10.5 Å². The normalized spacial score (nSPS) is 10.3. The van der Waals surface area contributed by atoms with Crippen molar-refractivity contribution in [2.75, 3.05) is 11.1 Å². The van der Waals surface area contributed by atoms with Gasteiger partial charge in [0.1, 0.15) is 23.0 Å². The van der Waals surface area contributed by atoms with Gasteiger partial charge in [0.05, 0.1) is 12.4 Å². The van der Waals surface area contributed by atoms with Crippen LogP contribution in [0.3, 0.4) is 0 Å². The average Bonchev–Trinajstić information content (AvgIpc) is 2.34. The summed E-state index contributed by atoms with van der Waals surface area (Å²) in [5.41, 5.74) is 4.34. The zero-order valence-corrected chi connectivity index (χ0v) is 9.32. The minimum Gasteiger partial charge on any atom is -0.382 e. The second-order valence-corrected chi connectivity index (χ2v) is 3.53. The number of benzene rings is 1. The Bertz CT molecular complexity index is 607.